The maximum Gasteiger partial charge on any atom is 0.147 e. The minimum atomic E-state index is 0. The number of benzene rings is 1. The Bertz CT molecular complexity index is 1740. The molecule has 8 aromatic rings. The van der Waals surface area contributed by atoms with Gasteiger partial charge in [0.2, 0.25) is 0 Å². The molecule has 0 unspecified atom stereocenters. The highest BCUT2D eigenvalue weighted by atomic mass is 15.1. The van der Waals surface area contributed by atoms with Gasteiger partial charge in [0.25, 0.3) is 0 Å². The molecule has 7 aromatic heterocycles. The third-order valence-corrected chi connectivity index (χ3v) is 5.51. The van der Waals surface area contributed by atoms with Crippen molar-refractivity contribution in [3.8, 4) is 0 Å². The predicted octanol–water partition coefficient (Wildman–Crippen LogP) is 8.65. The van der Waals surface area contributed by atoms with Crippen LogP contribution in [0.1, 0.15) is 84.5 Å². The Morgan fingerprint density at radius 3 is 1.32 bits per heavy atom. The van der Waals surface area contributed by atoms with E-state index in [0.29, 0.717) is 5.82 Å². The Balaban J connectivity index is -0.000000190. The molecule has 0 aliphatic carbocycles. The minimum absolute atomic E-state index is 0. The fraction of sp³-hybridized carbons (Fsp3) is 0.310. The summed E-state index contributed by atoms with van der Waals surface area (Å²) in [5, 5.41) is 28.8. The smallest absolute Gasteiger partial charge is 0.147 e. The minimum Gasteiger partial charge on any atom is -0.261 e. The molecule has 318 valence electrons. The summed E-state index contributed by atoms with van der Waals surface area (Å²) in [7, 11) is 0. The van der Waals surface area contributed by atoms with Crippen LogP contribution in [0.4, 0.5) is 0 Å². The van der Waals surface area contributed by atoms with Gasteiger partial charge in [-0.1, -0.05) is 56.7 Å². The first-order valence-corrected chi connectivity index (χ1v) is 15.9. The summed E-state index contributed by atoms with van der Waals surface area (Å²) in [4.78, 5) is 35.2. The molecule has 17 nitrogen and oxygen atoms in total. The first kappa shape index (κ1) is 61.1. The highest BCUT2D eigenvalue weighted by Crippen LogP contribution is 2.07. The van der Waals surface area contributed by atoms with Gasteiger partial charge >= 0.3 is 0 Å². The van der Waals surface area contributed by atoms with Gasteiger partial charge in [-0.25, -0.2) is 29.9 Å². The van der Waals surface area contributed by atoms with E-state index in [4.69, 9.17) is 0 Å². The Labute approximate surface area is 352 Å². The van der Waals surface area contributed by atoms with Crippen LogP contribution in [0.15, 0.2) is 123 Å². The zero-order valence-corrected chi connectivity index (χ0v) is 30.6. The second-order valence-corrected chi connectivity index (χ2v) is 10.2. The van der Waals surface area contributed by atoms with E-state index in [0.717, 1.165) is 45.2 Å². The van der Waals surface area contributed by atoms with Crippen LogP contribution in [0.5, 0.6) is 0 Å². The van der Waals surface area contributed by atoms with E-state index in [2.05, 4.69) is 85.6 Å². The molecule has 0 saturated heterocycles. The van der Waals surface area contributed by atoms with E-state index in [-0.39, 0.29) is 44.6 Å². The van der Waals surface area contributed by atoms with E-state index in [1.807, 2.05) is 84.0 Å². The predicted molar refractivity (Wildman–Crippen MR) is 239 cm³/mol. The molecule has 17 heteroatoms. The summed E-state index contributed by atoms with van der Waals surface area (Å²) in [6, 6.07) is 13.5. The molecule has 8 rings (SSSR count). The Morgan fingerprint density at radius 1 is 0.322 bits per heavy atom. The van der Waals surface area contributed by atoms with Crippen LogP contribution in [0.3, 0.4) is 0 Å². The number of aryl methyl sites for hydroxylation is 7. The van der Waals surface area contributed by atoms with Crippen LogP contribution in [0.25, 0.3) is 11.0 Å². The van der Waals surface area contributed by atoms with Crippen molar-refractivity contribution >= 4 is 11.0 Å². The van der Waals surface area contributed by atoms with E-state index >= 15 is 0 Å². The first-order chi connectivity index (χ1) is 25.7. The van der Waals surface area contributed by atoms with Crippen molar-refractivity contribution < 1.29 is 0 Å². The highest BCUT2D eigenvalue weighted by molar-refractivity contribution is 5.73. The molecule has 0 fully saturated rings. The van der Waals surface area contributed by atoms with Crippen LogP contribution >= 0.6 is 0 Å². The average molecular weight is 808 g/mol. The SMILES string of the molecule is C.C.C.C.C.C.Cc1cccnn1.Cc1ccncn1.Cc1cnc2ccccc2n1.Cc1cnccn1.Cc1cncnn1.Cc1cnncn1.Cc1nccnn1. The van der Waals surface area contributed by atoms with Crippen molar-refractivity contribution in [1.29, 1.82) is 0 Å². The number of fused-ring (bicyclic) bond motifs is 1. The van der Waals surface area contributed by atoms with Gasteiger partial charge in [0.05, 0.1) is 58.1 Å². The number of hydrogen-bond donors (Lipinski definition) is 0. The molecular weight excluding hydrogens is 743 g/mol. The van der Waals surface area contributed by atoms with Crippen molar-refractivity contribution in [2.45, 2.75) is 93.0 Å². The van der Waals surface area contributed by atoms with Crippen molar-refractivity contribution in [3.05, 3.63) is 163 Å². The van der Waals surface area contributed by atoms with Crippen LogP contribution < -0.4 is 0 Å². The molecule has 0 saturated carbocycles. The molecule has 0 radical (unpaired) electrons. The standard InChI is InChI=1S/C9H8N2.3C5H6N2.3C4H5N3.6CH4/c1-7-6-10-8-4-2-3-5-9(8)11-7;1-5-4-6-2-3-7-5;1-5-2-3-6-4-7-5;1-5-3-2-4-6-7-5;1-4-2-6-7-3-5-4;1-4-2-5-3-6-7-4;1-4-5-2-3-6-7-4;;;;;;/h2-6H,1H3;3*2-4H,1H3;3*2-3H,1H3;6*1H4. The molecule has 0 spiro atoms. The molecule has 0 aliphatic rings. The second-order valence-electron chi connectivity index (χ2n) is 10.2. The molecule has 0 aliphatic heterocycles. The normalized spacial score (nSPS) is 8.12. The van der Waals surface area contributed by atoms with E-state index < -0.39 is 0 Å². The zero-order chi connectivity index (χ0) is 38.4. The van der Waals surface area contributed by atoms with E-state index in [9.17, 15) is 0 Å². The van der Waals surface area contributed by atoms with E-state index in [1.54, 1.807) is 68.9 Å². The van der Waals surface area contributed by atoms with Gasteiger partial charge in [0.15, 0.2) is 0 Å². The molecule has 0 atom stereocenters. The number of hydrogen-bond acceptors (Lipinski definition) is 17. The molecule has 0 amide bonds. The third kappa shape index (κ3) is 32.8. The lowest BCUT2D eigenvalue weighted by molar-refractivity contribution is 0.907. The van der Waals surface area contributed by atoms with Gasteiger partial charge in [-0.2, -0.15) is 25.5 Å². The maximum absolute atomic E-state index is 4.31. The van der Waals surface area contributed by atoms with Crippen molar-refractivity contribution in [2.24, 2.45) is 0 Å². The van der Waals surface area contributed by atoms with Gasteiger partial charge in [-0.3, -0.25) is 15.0 Å². The number of rotatable bonds is 0. The molecular formula is C42H65N17. The Morgan fingerprint density at radius 2 is 0.966 bits per heavy atom. The zero-order valence-electron chi connectivity index (χ0n) is 30.6. The molecule has 0 bridgehead atoms. The maximum atomic E-state index is 4.31. The topological polar surface area (TPSA) is 219 Å². The van der Waals surface area contributed by atoms with Gasteiger partial charge in [-0.05, 0) is 78.8 Å². The van der Waals surface area contributed by atoms with Gasteiger partial charge < -0.3 is 0 Å². The van der Waals surface area contributed by atoms with Crippen molar-refractivity contribution in [3.63, 3.8) is 0 Å². The third-order valence-electron chi connectivity index (χ3n) is 5.51. The Kier molecular flexibility index (Phi) is 40.4. The largest absolute Gasteiger partial charge is 0.261 e. The summed E-state index contributed by atoms with van der Waals surface area (Å²) >= 11 is 0. The summed E-state index contributed by atoms with van der Waals surface area (Å²) < 4.78 is 0. The van der Waals surface area contributed by atoms with Gasteiger partial charge in [-0.15, -0.1) is 15.3 Å². The van der Waals surface area contributed by atoms with E-state index in [1.165, 1.54) is 19.0 Å². The van der Waals surface area contributed by atoms with Crippen molar-refractivity contribution in [2.75, 3.05) is 0 Å². The monoisotopic (exact) mass is 808 g/mol. The summed E-state index contributed by atoms with van der Waals surface area (Å²) in [6.07, 6.45) is 21.0. The molecule has 59 heavy (non-hydrogen) atoms. The quantitative estimate of drug-likeness (QED) is 0.140. The summed E-state index contributed by atoms with van der Waals surface area (Å²) in [5.74, 6) is 0.711. The van der Waals surface area contributed by atoms with Crippen LogP contribution in [-0.2, 0) is 0 Å². The lowest BCUT2D eigenvalue weighted by Crippen LogP contribution is -1.85. The fourth-order valence-electron chi connectivity index (χ4n) is 3.08. The molecule has 0 N–H and O–H groups in total. The van der Waals surface area contributed by atoms with Crippen LogP contribution in [0, 0.1) is 48.5 Å². The summed E-state index contributed by atoms with van der Waals surface area (Å²) in [6.45, 7) is 13.2. The highest BCUT2D eigenvalue weighted by Gasteiger charge is 1.92. The van der Waals surface area contributed by atoms with Gasteiger partial charge in [0, 0.05) is 49.1 Å². The number of nitrogens with zero attached hydrogens (tertiary/aromatic N) is 17. The summed E-state index contributed by atoms with van der Waals surface area (Å²) in [5.41, 5.74) is 7.56. The number of aromatic nitrogens is 17. The lowest BCUT2D eigenvalue weighted by Gasteiger charge is -1.95. The molecule has 7 heterocycles. The first-order valence-electron chi connectivity index (χ1n) is 15.9. The van der Waals surface area contributed by atoms with Crippen molar-refractivity contribution in [1.82, 2.24) is 85.6 Å². The van der Waals surface area contributed by atoms with Crippen LogP contribution in [0.2, 0.25) is 0 Å². The molecule has 1 aromatic carbocycles. The lowest BCUT2D eigenvalue weighted by atomic mass is 10.3. The second kappa shape index (κ2) is 39.1. The fourth-order valence-corrected chi connectivity index (χ4v) is 3.08. The average Bonchev–Trinajstić information content (AvgIpc) is 3.18. The van der Waals surface area contributed by atoms with Crippen LogP contribution in [-0.4, -0.2) is 85.6 Å². The van der Waals surface area contributed by atoms with Gasteiger partial charge in [0.1, 0.15) is 24.8 Å². The Hall–Kier alpha value is -7.17. The number of para-hydroxylation sites is 2.